The zero-order valence-corrected chi connectivity index (χ0v) is 23.1. The van der Waals surface area contributed by atoms with Crippen LogP contribution in [0.1, 0.15) is 70.5 Å². The molecule has 1 aromatic carbocycles. The van der Waals surface area contributed by atoms with Gasteiger partial charge in [-0.2, -0.15) is 10.2 Å². The molecule has 0 spiro atoms. The van der Waals surface area contributed by atoms with E-state index in [4.69, 9.17) is 28.3 Å². The summed E-state index contributed by atoms with van der Waals surface area (Å²) in [6, 6.07) is 8.36. The average molecular weight is 565 g/mol. The van der Waals surface area contributed by atoms with Crippen LogP contribution in [-0.2, 0) is 13.0 Å². The molecule has 0 unspecified atom stereocenters. The minimum absolute atomic E-state index is 0.0253. The second-order valence-electron chi connectivity index (χ2n) is 10.1. The zero-order chi connectivity index (χ0) is 27.4. The lowest BCUT2D eigenvalue weighted by molar-refractivity contribution is 0.0574. The van der Waals surface area contributed by atoms with Crippen molar-refractivity contribution in [1.82, 2.24) is 39.3 Å². The van der Waals surface area contributed by atoms with Gasteiger partial charge in [0.25, 0.3) is 11.8 Å². The van der Waals surface area contributed by atoms with Crippen LogP contribution in [0.15, 0.2) is 49.2 Å². The fourth-order valence-electron chi connectivity index (χ4n) is 5.38. The highest BCUT2D eigenvalue weighted by Crippen LogP contribution is 2.35. The Morgan fingerprint density at radius 1 is 1.10 bits per heavy atom. The number of aromatic nitrogens is 6. The van der Waals surface area contributed by atoms with Gasteiger partial charge in [0.2, 0.25) is 0 Å². The molecule has 0 saturated heterocycles. The number of nitrogens with zero attached hydrogens (tertiary/aromatic N) is 8. The smallest absolute Gasteiger partial charge is 0.273 e. The predicted molar refractivity (Wildman–Crippen MR) is 145 cm³/mol. The summed E-state index contributed by atoms with van der Waals surface area (Å²) in [6.07, 6.45) is 5.36. The van der Waals surface area contributed by atoms with Crippen LogP contribution in [0.4, 0.5) is 0 Å². The van der Waals surface area contributed by atoms with E-state index in [1.54, 1.807) is 40.3 Å². The van der Waals surface area contributed by atoms with E-state index in [0.29, 0.717) is 46.6 Å². The van der Waals surface area contributed by atoms with Crippen molar-refractivity contribution >= 4 is 35.0 Å². The number of benzene rings is 1. The predicted octanol–water partition coefficient (Wildman–Crippen LogP) is 4.53. The Morgan fingerprint density at radius 2 is 1.92 bits per heavy atom. The number of amides is 2. The van der Waals surface area contributed by atoms with Crippen molar-refractivity contribution in [2.75, 3.05) is 6.54 Å². The Bertz CT molecular complexity index is 1570. The molecule has 6 rings (SSSR count). The van der Waals surface area contributed by atoms with Gasteiger partial charge in [0.05, 0.1) is 34.4 Å². The van der Waals surface area contributed by atoms with Gasteiger partial charge >= 0.3 is 0 Å². The summed E-state index contributed by atoms with van der Waals surface area (Å²) in [7, 11) is 0. The number of carbonyl (C=O) groups excluding carboxylic acids is 2. The van der Waals surface area contributed by atoms with Gasteiger partial charge in [0.15, 0.2) is 5.82 Å². The van der Waals surface area contributed by atoms with Crippen LogP contribution < -0.4 is 0 Å². The van der Waals surface area contributed by atoms with E-state index in [9.17, 15) is 9.59 Å². The molecule has 200 valence electrons. The van der Waals surface area contributed by atoms with Crippen molar-refractivity contribution in [3.63, 3.8) is 0 Å². The number of pyridine rings is 1. The molecule has 0 fully saturated rings. The van der Waals surface area contributed by atoms with Gasteiger partial charge < -0.3 is 9.80 Å². The van der Waals surface area contributed by atoms with Crippen LogP contribution in [0.2, 0.25) is 10.0 Å². The van der Waals surface area contributed by atoms with Crippen LogP contribution in [0.3, 0.4) is 0 Å². The van der Waals surface area contributed by atoms with Crippen molar-refractivity contribution in [2.24, 2.45) is 0 Å². The third kappa shape index (κ3) is 4.37. The highest BCUT2D eigenvalue weighted by molar-refractivity contribution is 6.42. The summed E-state index contributed by atoms with van der Waals surface area (Å²) in [5.41, 5.74) is 3.57. The maximum Gasteiger partial charge on any atom is 0.273 e. The summed E-state index contributed by atoms with van der Waals surface area (Å²) < 4.78 is 3.42. The summed E-state index contributed by atoms with van der Waals surface area (Å²) in [4.78, 5) is 39.5. The molecule has 2 aliphatic heterocycles. The monoisotopic (exact) mass is 564 g/mol. The largest absolute Gasteiger partial charge is 0.331 e. The maximum absolute atomic E-state index is 14.0. The molecule has 0 saturated carbocycles. The first-order valence-corrected chi connectivity index (χ1v) is 13.5. The van der Waals surface area contributed by atoms with Gasteiger partial charge in [-0.3, -0.25) is 14.3 Å². The van der Waals surface area contributed by atoms with Gasteiger partial charge in [0.1, 0.15) is 18.3 Å². The lowest BCUT2D eigenvalue weighted by atomic mass is 9.96. The summed E-state index contributed by atoms with van der Waals surface area (Å²) in [6.45, 7) is 6.85. The normalized spacial score (nSPS) is 19.6. The van der Waals surface area contributed by atoms with E-state index in [1.807, 2.05) is 35.6 Å². The highest BCUT2D eigenvalue weighted by Gasteiger charge is 2.40. The molecule has 0 radical (unpaired) electrons. The number of fused-ring (bicyclic) bond motifs is 3. The van der Waals surface area contributed by atoms with Crippen LogP contribution in [-0.4, -0.2) is 63.7 Å². The van der Waals surface area contributed by atoms with E-state index < -0.39 is 0 Å². The quantitative estimate of drug-likeness (QED) is 0.361. The van der Waals surface area contributed by atoms with Crippen molar-refractivity contribution in [2.45, 2.75) is 51.9 Å². The van der Waals surface area contributed by atoms with Crippen LogP contribution in [0.25, 0.3) is 5.82 Å². The molecule has 5 heterocycles. The van der Waals surface area contributed by atoms with Gasteiger partial charge in [-0.05, 0) is 50.6 Å². The van der Waals surface area contributed by atoms with Crippen molar-refractivity contribution in [3.05, 3.63) is 87.3 Å². The summed E-state index contributed by atoms with van der Waals surface area (Å²) in [5, 5.41) is 9.67. The van der Waals surface area contributed by atoms with Gasteiger partial charge in [-0.15, -0.1) is 0 Å². The molecule has 12 heteroatoms. The summed E-state index contributed by atoms with van der Waals surface area (Å²) in [5.74, 6) is 0.382. The maximum atomic E-state index is 14.0. The van der Waals surface area contributed by atoms with Gasteiger partial charge in [0, 0.05) is 36.3 Å². The molecule has 3 aromatic heterocycles. The van der Waals surface area contributed by atoms with E-state index in [1.165, 1.54) is 6.33 Å². The van der Waals surface area contributed by atoms with Crippen molar-refractivity contribution in [3.8, 4) is 5.82 Å². The van der Waals surface area contributed by atoms with E-state index >= 15 is 0 Å². The topological polar surface area (TPSA) is 102 Å². The molecule has 0 aliphatic carbocycles. The molecule has 2 amide bonds. The number of hydrogen-bond acceptors (Lipinski definition) is 6. The third-order valence-corrected chi connectivity index (χ3v) is 8.32. The first-order chi connectivity index (χ1) is 18.7. The Balaban J connectivity index is 1.29. The summed E-state index contributed by atoms with van der Waals surface area (Å²) >= 11 is 12.2. The SMILES string of the molecule is C[C@@H]1Cc2nn3c(c2CN1C(=O)c1ccc(Cl)c(Cl)c1)C(=O)N([C@@H](C)c1ccc(-n2cncn2)nc1)C[C@H]3C. The lowest BCUT2D eigenvalue weighted by Crippen LogP contribution is -2.45. The van der Waals surface area contributed by atoms with Crippen LogP contribution in [0.5, 0.6) is 0 Å². The second kappa shape index (κ2) is 9.77. The molecule has 39 heavy (non-hydrogen) atoms. The Labute approximate surface area is 235 Å². The van der Waals surface area contributed by atoms with Gasteiger partial charge in [-0.1, -0.05) is 29.3 Å². The fourth-order valence-corrected chi connectivity index (χ4v) is 5.67. The molecule has 0 N–H and O–H groups in total. The number of hydrogen-bond donors (Lipinski definition) is 0. The number of carbonyl (C=O) groups is 2. The van der Waals surface area contributed by atoms with Gasteiger partial charge in [-0.25, -0.2) is 14.6 Å². The van der Waals surface area contributed by atoms with Crippen molar-refractivity contribution in [1.29, 1.82) is 0 Å². The Hall–Kier alpha value is -3.76. The Morgan fingerprint density at radius 3 is 2.62 bits per heavy atom. The molecule has 10 nitrogen and oxygen atoms in total. The van der Waals surface area contributed by atoms with Crippen LogP contribution in [0, 0.1) is 0 Å². The number of rotatable bonds is 4. The molecule has 3 atom stereocenters. The molecule has 2 aliphatic rings. The third-order valence-electron chi connectivity index (χ3n) is 7.58. The average Bonchev–Trinajstić information content (AvgIpc) is 3.60. The van der Waals surface area contributed by atoms with E-state index in [2.05, 4.69) is 22.0 Å². The molecule has 0 bridgehead atoms. The first kappa shape index (κ1) is 25.5. The van der Waals surface area contributed by atoms with E-state index in [0.717, 1.165) is 16.8 Å². The number of halogens is 2. The lowest BCUT2D eigenvalue weighted by Gasteiger charge is -2.37. The van der Waals surface area contributed by atoms with Crippen molar-refractivity contribution < 1.29 is 9.59 Å². The fraction of sp³-hybridized carbons (Fsp3) is 0.333. The highest BCUT2D eigenvalue weighted by atomic mass is 35.5. The molecule has 4 aromatic rings. The van der Waals surface area contributed by atoms with E-state index in [-0.39, 0.29) is 29.9 Å². The first-order valence-electron chi connectivity index (χ1n) is 12.7. The zero-order valence-electron chi connectivity index (χ0n) is 21.6. The molecular weight excluding hydrogens is 539 g/mol. The van der Waals surface area contributed by atoms with Crippen LogP contribution >= 0.6 is 23.2 Å². The minimum Gasteiger partial charge on any atom is -0.331 e. The Kier molecular flexibility index (Phi) is 6.39. The second-order valence-corrected chi connectivity index (χ2v) is 10.9. The minimum atomic E-state index is -0.215. The molecular formula is C27H26Cl2N8O2. The standard InChI is InChI=1S/C27H26Cl2N8O2/c1-15-8-23-20(12-34(15)26(38)18-4-6-21(28)22(29)9-18)25-27(39)35(11-16(2)37(25)33-23)17(3)19-5-7-24(31-10-19)36-14-30-13-32-36/h4-7,9-10,13-17H,8,11-12H2,1-3H3/t15-,16-,17+/m1/s1.